The molecule has 0 bridgehead atoms. The van der Waals surface area contributed by atoms with Gasteiger partial charge >= 0.3 is 0 Å². The summed E-state index contributed by atoms with van der Waals surface area (Å²) in [4.78, 5) is 13.9. The SMILES string of the molecule is Cc1cccc(O[C@@H](C)C(=O)N(C)c2ccccc2)c1. The van der Waals surface area contributed by atoms with Crippen LogP contribution in [0.25, 0.3) is 0 Å². The van der Waals surface area contributed by atoms with E-state index >= 15 is 0 Å². The average Bonchev–Trinajstić information content (AvgIpc) is 2.46. The normalized spacial score (nSPS) is 11.8. The van der Waals surface area contributed by atoms with Crippen LogP contribution in [0.4, 0.5) is 5.69 Å². The number of nitrogens with zero attached hydrogens (tertiary/aromatic N) is 1. The first-order valence-corrected chi connectivity index (χ1v) is 6.64. The molecule has 3 heteroatoms. The summed E-state index contributed by atoms with van der Waals surface area (Å²) >= 11 is 0. The van der Waals surface area contributed by atoms with Gasteiger partial charge in [-0.15, -0.1) is 0 Å². The van der Waals surface area contributed by atoms with Crippen molar-refractivity contribution in [3.05, 3.63) is 60.2 Å². The van der Waals surface area contributed by atoms with Gasteiger partial charge in [0.15, 0.2) is 6.10 Å². The van der Waals surface area contributed by atoms with Crippen LogP contribution in [0.2, 0.25) is 0 Å². The lowest BCUT2D eigenvalue weighted by Crippen LogP contribution is -2.37. The quantitative estimate of drug-likeness (QED) is 0.851. The smallest absolute Gasteiger partial charge is 0.267 e. The molecule has 0 aliphatic rings. The van der Waals surface area contributed by atoms with Crippen LogP contribution in [0, 0.1) is 6.92 Å². The van der Waals surface area contributed by atoms with Crippen molar-refractivity contribution in [2.45, 2.75) is 20.0 Å². The van der Waals surface area contributed by atoms with Crippen LogP contribution in [0.5, 0.6) is 5.75 Å². The van der Waals surface area contributed by atoms with Crippen molar-refractivity contribution in [2.75, 3.05) is 11.9 Å². The number of aryl methyl sites for hydroxylation is 1. The van der Waals surface area contributed by atoms with Gasteiger partial charge in [-0.25, -0.2) is 0 Å². The Morgan fingerprint density at radius 2 is 1.80 bits per heavy atom. The molecule has 0 unspecified atom stereocenters. The Kier molecular flexibility index (Phi) is 4.41. The maximum absolute atomic E-state index is 12.3. The molecule has 1 atom stereocenters. The van der Waals surface area contributed by atoms with E-state index in [1.807, 2.05) is 61.5 Å². The number of likely N-dealkylation sites (N-methyl/N-ethyl adjacent to an activating group) is 1. The van der Waals surface area contributed by atoms with Gasteiger partial charge in [0.2, 0.25) is 0 Å². The Balaban J connectivity index is 2.05. The van der Waals surface area contributed by atoms with Gasteiger partial charge in [0.1, 0.15) is 5.75 Å². The van der Waals surface area contributed by atoms with E-state index in [9.17, 15) is 4.79 Å². The van der Waals surface area contributed by atoms with Gasteiger partial charge in [-0.05, 0) is 43.7 Å². The van der Waals surface area contributed by atoms with Gasteiger partial charge in [0.25, 0.3) is 5.91 Å². The molecule has 0 aromatic heterocycles. The predicted octanol–water partition coefficient (Wildman–Crippen LogP) is 3.43. The van der Waals surface area contributed by atoms with Crippen LogP contribution in [0.1, 0.15) is 12.5 Å². The Hall–Kier alpha value is -2.29. The summed E-state index contributed by atoms with van der Waals surface area (Å²) in [5, 5.41) is 0. The minimum absolute atomic E-state index is 0.0716. The molecule has 20 heavy (non-hydrogen) atoms. The third-order valence-corrected chi connectivity index (χ3v) is 3.12. The van der Waals surface area contributed by atoms with Gasteiger partial charge in [0.05, 0.1) is 0 Å². The summed E-state index contributed by atoms with van der Waals surface area (Å²) < 4.78 is 5.71. The number of ether oxygens (including phenoxy) is 1. The number of anilines is 1. The highest BCUT2D eigenvalue weighted by molar-refractivity contribution is 5.95. The number of rotatable bonds is 4. The zero-order valence-electron chi connectivity index (χ0n) is 12.0. The summed E-state index contributed by atoms with van der Waals surface area (Å²) in [5.41, 5.74) is 1.97. The van der Waals surface area contributed by atoms with Crippen LogP contribution in [-0.2, 0) is 4.79 Å². The molecule has 0 heterocycles. The Morgan fingerprint density at radius 3 is 2.45 bits per heavy atom. The van der Waals surface area contributed by atoms with Crippen molar-refractivity contribution in [2.24, 2.45) is 0 Å². The summed E-state index contributed by atoms with van der Waals surface area (Å²) in [6.07, 6.45) is -0.526. The molecule has 0 saturated heterocycles. The van der Waals surface area contributed by atoms with E-state index in [1.54, 1.807) is 18.9 Å². The number of carbonyl (C=O) groups is 1. The Bertz CT molecular complexity index is 581. The fourth-order valence-electron chi connectivity index (χ4n) is 1.99. The highest BCUT2D eigenvalue weighted by atomic mass is 16.5. The summed E-state index contributed by atoms with van der Waals surface area (Å²) in [7, 11) is 1.76. The van der Waals surface area contributed by atoms with E-state index in [0.717, 1.165) is 11.3 Å². The second-order valence-electron chi connectivity index (χ2n) is 4.81. The monoisotopic (exact) mass is 269 g/mol. The molecule has 0 radical (unpaired) electrons. The van der Waals surface area contributed by atoms with Crippen LogP contribution in [-0.4, -0.2) is 19.1 Å². The van der Waals surface area contributed by atoms with Crippen LogP contribution in [0.15, 0.2) is 54.6 Å². The van der Waals surface area contributed by atoms with Crippen molar-refractivity contribution >= 4 is 11.6 Å². The predicted molar refractivity (Wildman–Crippen MR) is 81.1 cm³/mol. The van der Waals surface area contributed by atoms with Crippen LogP contribution >= 0.6 is 0 Å². The van der Waals surface area contributed by atoms with E-state index in [0.29, 0.717) is 5.75 Å². The number of carbonyl (C=O) groups excluding carboxylic acids is 1. The molecular formula is C17H19NO2. The Morgan fingerprint density at radius 1 is 1.10 bits per heavy atom. The molecule has 104 valence electrons. The van der Waals surface area contributed by atoms with Gasteiger partial charge in [-0.2, -0.15) is 0 Å². The second-order valence-corrected chi connectivity index (χ2v) is 4.81. The molecular weight excluding hydrogens is 250 g/mol. The highest BCUT2D eigenvalue weighted by Gasteiger charge is 2.20. The largest absolute Gasteiger partial charge is 0.481 e. The van der Waals surface area contributed by atoms with Crippen LogP contribution < -0.4 is 9.64 Å². The Labute approximate surface area is 119 Å². The first-order chi connectivity index (χ1) is 9.58. The summed E-state index contributed by atoms with van der Waals surface area (Å²) in [5.74, 6) is 0.644. The zero-order chi connectivity index (χ0) is 14.5. The van der Waals surface area contributed by atoms with E-state index in [-0.39, 0.29) is 5.91 Å². The van der Waals surface area contributed by atoms with Crippen molar-refractivity contribution in [3.63, 3.8) is 0 Å². The van der Waals surface area contributed by atoms with Crippen molar-refractivity contribution in [1.82, 2.24) is 0 Å². The van der Waals surface area contributed by atoms with E-state index < -0.39 is 6.10 Å². The number of benzene rings is 2. The van der Waals surface area contributed by atoms with E-state index in [1.165, 1.54) is 0 Å². The van der Waals surface area contributed by atoms with Gasteiger partial charge in [0, 0.05) is 12.7 Å². The zero-order valence-corrected chi connectivity index (χ0v) is 12.0. The first-order valence-electron chi connectivity index (χ1n) is 6.64. The molecule has 1 amide bonds. The van der Waals surface area contributed by atoms with E-state index in [4.69, 9.17) is 4.74 Å². The first kappa shape index (κ1) is 14.1. The van der Waals surface area contributed by atoms with E-state index in [2.05, 4.69) is 0 Å². The maximum atomic E-state index is 12.3. The second kappa shape index (κ2) is 6.24. The fourth-order valence-corrected chi connectivity index (χ4v) is 1.99. The van der Waals surface area contributed by atoms with Gasteiger partial charge < -0.3 is 9.64 Å². The number of hydrogen-bond donors (Lipinski definition) is 0. The topological polar surface area (TPSA) is 29.5 Å². The molecule has 2 rings (SSSR count). The maximum Gasteiger partial charge on any atom is 0.267 e. The third kappa shape index (κ3) is 3.38. The molecule has 0 spiro atoms. The van der Waals surface area contributed by atoms with Crippen molar-refractivity contribution < 1.29 is 9.53 Å². The number of amides is 1. The lowest BCUT2D eigenvalue weighted by atomic mass is 10.2. The molecule has 0 aliphatic heterocycles. The minimum atomic E-state index is -0.526. The molecule has 3 nitrogen and oxygen atoms in total. The molecule has 0 N–H and O–H groups in total. The number of hydrogen-bond acceptors (Lipinski definition) is 2. The average molecular weight is 269 g/mol. The summed E-state index contributed by atoms with van der Waals surface area (Å²) in [6, 6.07) is 17.2. The molecule has 2 aromatic rings. The lowest BCUT2D eigenvalue weighted by molar-refractivity contribution is -0.124. The molecule has 0 aliphatic carbocycles. The van der Waals surface area contributed by atoms with Crippen LogP contribution in [0.3, 0.4) is 0 Å². The third-order valence-electron chi connectivity index (χ3n) is 3.12. The summed E-state index contributed by atoms with van der Waals surface area (Å²) in [6.45, 7) is 3.76. The van der Waals surface area contributed by atoms with Gasteiger partial charge in [-0.1, -0.05) is 30.3 Å². The number of para-hydroxylation sites is 1. The van der Waals surface area contributed by atoms with Crippen molar-refractivity contribution in [3.8, 4) is 5.75 Å². The minimum Gasteiger partial charge on any atom is -0.481 e. The molecule has 2 aromatic carbocycles. The molecule has 0 fully saturated rings. The van der Waals surface area contributed by atoms with Crippen molar-refractivity contribution in [1.29, 1.82) is 0 Å². The fraction of sp³-hybridized carbons (Fsp3) is 0.235. The molecule has 0 saturated carbocycles. The lowest BCUT2D eigenvalue weighted by Gasteiger charge is -2.22. The highest BCUT2D eigenvalue weighted by Crippen LogP contribution is 2.17. The standard InChI is InChI=1S/C17H19NO2/c1-13-8-7-11-16(12-13)20-14(2)17(19)18(3)15-9-5-4-6-10-15/h4-12,14H,1-3H3/t14-/m0/s1. The van der Waals surface area contributed by atoms with Gasteiger partial charge in [-0.3, -0.25) is 4.79 Å².